The second-order valence-corrected chi connectivity index (χ2v) is 5.31. The molecule has 2 aromatic carbocycles. The average Bonchev–Trinajstić information content (AvgIpc) is 2.48. The van der Waals surface area contributed by atoms with E-state index < -0.39 is 0 Å². The van der Waals surface area contributed by atoms with Crippen LogP contribution in [0.25, 0.3) is 10.8 Å². The molecule has 0 heterocycles. The summed E-state index contributed by atoms with van der Waals surface area (Å²) in [7, 11) is 0. The van der Waals surface area contributed by atoms with Crippen LogP contribution >= 0.6 is 0 Å². The Bertz CT molecular complexity index is 530. The largest absolute Gasteiger partial charge is 0.494 e. The molecule has 0 spiro atoms. The summed E-state index contributed by atoms with van der Waals surface area (Å²) < 4.78 is 5.88. The Morgan fingerprint density at radius 2 is 1.95 bits per heavy atom. The summed E-state index contributed by atoms with van der Waals surface area (Å²) in [5.41, 5.74) is 1.37. The lowest BCUT2D eigenvalue weighted by Crippen LogP contribution is -1.97. The molecule has 20 heavy (non-hydrogen) atoms. The van der Waals surface area contributed by atoms with Gasteiger partial charge in [-0.3, -0.25) is 0 Å². The zero-order valence-electron chi connectivity index (χ0n) is 12.5. The van der Waals surface area contributed by atoms with E-state index in [0.29, 0.717) is 0 Å². The van der Waals surface area contributed by atoms with Gasteiger partial charge in [0.25, 0.3) is 0 Å². The van der Waals surface area contributed by atoms with Crippen LogP contribution in [0.2, 0.25) is 0 Å². The summed E-state index contributed by atoms with van der Waals surface area (Å²) in [6, 6.07) is 12.9. The van der Waals surface area contributed by atoms with Gasteiger partial charge in [0, 0.05) is 0 Å². The summed E-state index contributed by atoms with van der Waals surface area (Å²) in [4.78, 5) is 0. The van der Waals surface area contributed by atoms with Gasteiger partial charge in [-0.2, -0.15) is 0 Å². The van der Waals surface area contributed by atoms with Gasteiger partial charge in [-0.25, -0.2) is 0 Å². The van der Waals surface area contributed by atoms with E-state index in [-0.39, 0.29) is 0 Å². The Morgan fingerprint density at radius 1 is 1.05 bits per heavy atom. The van der Waals surface area contributed by atoms with E-state index in [1.165, 1.54) is 35.6 Å². The Morgan fingerprint density at radius 3 is 2.75 bits per heavy atom. The second-order valence-electron chi connectivity index (χ2n) is 5.31. The highest BCUT2D eigenvalue weighted by molar-refractivity contribution is 5.87. The fourth-order valence-electron chi connectivity index (χ4n) is 2.53. The van der Waals surface area contributed by atoms with Gasteiger partial charge in [-0.1, -0.05) is 57.4 Å². The van der Waals surface area contributed by atoms with E-state index >= 15 is 0 Å². The molecule has 0 aliphatic heterocycles. The molecule has 1 nitrogen and oxygen atoms in total. The van der Waals surface area contributed by atoms with Gasteiger partial charge in [0.15, 0.2) is 0 Å². The molecule has 0 aliphatic rings. The predicted molar refractivity (Wildman–Crippen MR) is 87.3 cm³/mol. The van der Waals surface area contributed by atoms with E-state index in [2.05, 4.69) is 50.2 Å². The van der Waals surface area contributed by atoms with Crippen molar-refractivity contribution >= 4 is 10.8 Å². The molecule has 0 bridgehead atoms. The summed E-state index contributed by atoms with van der Waals surface area (Å²) in [6.45, 7) is 7.01. The van der Waals surface area contributed by atoms with Gasteiger partial charge in [0.2, 0.25) is 0 Å². The van der Waals surface area contributed by atoms with Crippen molar-refractivity contribution in [2.24, 2.45) is 0 Å². The van der Waals surface area contributed by atoms with Crippen molar-refractivity contribution in [1.82, 2.24) is 0 Å². The minimum absolute atomic E-state index is 0.822. The van der Waals surface area contributed by atoms with E-state index in [1.54, 1.807) is 0 Å². The first-order valence-electron chi connectivity index (χ1n) is 7.79. The summed E-state index contributed by atoms with van der Waals surface area (Å²) in [6.07, 6.45) is 6.93. The smallest absolute Gasteiger partial charge is 0.119 e. The molecule has 107 valence electrons. The molecule has 2 rings (SSSR count). The number of hydrogen-bond acceptors (Lipinski definition) is 1. The Balaban J connectivity index is 2.05. The number of hydrogen-bond donors (Lipinski definition) is 0. The summed E-state index contributed by atoms with van der Waals surface area (Å²) >= 11 is 0. The third-order valence-corrected chi connectivity index (χ3v) is 3.66. The molecule has 0 atom stereocenters. The average molecular weight is 269 g/mol. The summed E-state index contributed by atoms with van der Waals surface area (Å²) in [5.74, 6) is 0.991. The number of aryl methyl sites for hydroxylation is 1. The van der Waals surface area contributed by atoms with Gasteiger partial charge in [-0.15, -0.1) is 0 Å². The molecular formula is C19H25O. The number of ether oxygens (including phenoxy) is 1. The van der Waals surface area contributed by atoms with Gasteiger partial charge in [0.1, 0.15) is 5.75 Å². The highest BCUT2D eigenvalue weighted by atomic mass is 16.5. The Kier molecular flexibility index (Phi) is 5.91. The number of unbranched alkanes of at least 4 members (excludes halogenated alkanes) is 3. The fourth-order valence-corrected chi connectivity index (χ4v) is 2.53. The highest BCUT2D eigenvalue weighted by Crippen LogP contribution is 2.25. The first kappa shape index (κ1) is 14.9. The van der Waals surface area contributed by atoms with Gasteiger partial charge >= 0.3 is 0 Å². The van der Waals surface area contributed by atoms with Crippen LogP contribution in [0.5, 0.6) is 5.75 Å². The molecule has 1 radical (unpaired) electrons. The van der Waals surface area contributed by atoms with E-state index in [0.717, 1.165) is 31.6 Å². The van der Waals surface area contributed by atoms with E-state index in [4.69, 9.17) is 4.74 Å². The lowest BCUT2D eigenvalue weighted by atomic mass is 10.0. The molecule has 0 unspecified atom stereocenters. The van der Waals surface area contributed by atoms with E-state index in [9.17, 15) is 0 Å². The monoisotopic (exact) mass is 269 g/mol. The number of benzene rings is 2. The van der Waals surface area contributed by atoms with Crippen LogP contribution in [-0.2, 0) is 6.42 Å². The molecular weight excluding hydrogens is 244 g/mol. The molecule has 2 aromatic rings. The maximum absolute atomic E-state index is 5.88. The van der Waals surface area contributed by atoms with Crippen LogP contribution in [0.4, 0.5) is 0 Å². The standard InChI is InChI=1S/C19H25O/c1-3-5-6-7-14-20-18-13-12-17-11-8-10-16(9-4-2)19(17)15-18/h8,10-13,15H,2-7,9,14H2,1H3. The molecule has 0 fully saturated rings. The third kappa shape index (κ3) is 4.00. The predicted octanol–water partition coefficient (Wildman–Crippen LogP) is 5.57. The zero-order valence-corrected chi connectivity index (χ0v) is 12.5. The number of fused-ring (bicyclic) bond motifs is 1. The molecule has 0 aliphatic carbocycles. The minimum atomic E-state index is 0.822. The van der Waals surface area contributed by atoms with Crippen molar-refractivity contribution < 1.29 is 4.74 Å². The zero-order chi connectivity index (χ0) is 14.2. The second kappa shape index (κ2) is 7.94. The highest BCUT2D eigenvalue weighted by Gasteiger charge is 2.02. The van der Waals surface area contributed by atoms with Crippen molar-refractivity contribution in [3.05, 3.63) is 48.9 Å². The van der Waals surface area contributed by atoms with Crippen LogP contribution < -0.4 is 4.74 Å². The minimum Gasteiger partial charge on any atom is -0.494 e. The van der Waals surface area contributed by atoms with Crippen molar-refractivity contribution in [3.63, 3.8) is 0 Å². The fraction of sp³-hybridized carbons (Fsp3) is 0.421. The first-order valence-corrected chi connectivity index (χ1v) is 7.79. The maximum atomic E-state index is 5.88. The Hall–Kier alpha value is -1.50. The van der Waals surface area contributed by atoms with Gasteiger partial charge in [-0.05, 0) is 47.7 Å². The van der Waals surface area contributed by atoms with Crippen LogP contribution in [0.15, 0.2) is 36.4 Å². The van der Waals surface area contributed by atoms with Crippen LogP contribution in [-0.4, -0.2) is 6.61 Å². The first-order chi connectivity index (χ1) is 9.85. The van der Waals surface area contributed by atoms with Crippen molar-refractivity contribution in [2.75, 3.05) is 6.61 Å². The van der Waals surface area contributed by atoms with Crippen molar-refractivity contribution in [3.8, 4) is 5.75 Å². The van der Waals surface area contributed by atoms with Crippen molar-refractivity contribution in [2.45, 2.75) is 45.4 Å². The SMILES string of the molecule is [CH2]CCc1cccc2ccc(OCCCCCC)cc12. The van der Waals surface area contributed by atoms with Crippen molar-refractivity contribution in [1.29, 1.82) is 0 Å². The van der Waals surface area contributed by atoms with Crippen LogP contribution in [0, 0.1) is 6.92 Å². The maximum Gasteiger partial charge on any atom is 0.119 e. The van der Waals surface area contributed by atoms with Crippen LogP contribution in [0.1, 0.15) is 44.6 Å². The normalized spacial score (nSPS) is 10.9. The quantitative estimate of drug-likeness (QED) is 0.570. The molecule has 0 saturated heterocycles. The molecule has 0 N–H and O–H groups in total. The number of rotatable bonds is 8. The van der Waals surface area contributed by atoms with Gasteiger partial charge in [0.05, 0.1) is 6.61 Å². The van der Waals surface area contributed by atoms with Gasteiger partial charge < -0.3 is 4.74 Å². The van der Waals surface area contributed by atoms with Crippen LogP contribution in [0.3, 0.4) is 0 Å². The Labute approximate surface area is 123 Å². The molecule has 0 saturated carbocycles. The lowest BCUT2D eigenvalue weighted by Gasteiger charge is -2.10. The van der Waals surface area contributed by atoms with E-state index in [1.807, 2.05) is 0 Å². The lowest BCUT2D eigenvalue weighted by molar-refractivity contribution is 0.305. The summed E-state index contributed by atoms with van der Waals surface area (Å²) in [5, 5.41) is 2.59. The molecule has 0 aromatic heterocycles. The molecule has 1 heteroatoms. The third-order valence-electron chi connectivity index (χ3n) is 3.66. The topological polar surface area (TPSA) is 9.23 Å². The molecule has 0 amide bonds.